The Balaban J connectivity index is 2.21. The maximum atomic E-state index is 13.0. The van der Waals surface area contributed by atoms with Gasteiger partial charge in [0.15, 0.2) is 0 Å². The Morgan fingerprint density at radius 1 is 1.07 bits per heavy atom. The zero-order valence-corrected chi connectivity index (χ0v) is 18.5. The van der Waals surface area contributed by atoms with E-state index in [9.17, 15) is 14.4 Å². The molecule has 0 aromatic heterocycles. The smallest absolute Gasteiger partial charge is 0.410 e. The second-order valence-electron chi connectivity index (χ2n) is 8.20. The quantitative estimate of drug-likeness (QED) is 0.657. The minimum atomic E-state index is -0.599. The third-order valence-corrected chi connectivity index (χ3v) is 4.85. The summed E-state index contributed by atoms with van der Waals surface area (Å²) < 4.78 is 15.7. The van der Waals surface area contributed by atoms with E-state index in [4.69, 9.17) is 9.47 Å². The molecule has 0 radical (unpaired) electrons. The second-order valence-corrected chi connectivity index (χ2v) is 8.20. The Hall–Kier alpha value is -2.77. The van der Waals surface area contributed by atoms with Crippen molar-refractivity contribution in [2.24, 2.45) is 0 Å². The van der Waals surface area contributed by atoms with Gasteiger partial charge in [0.2, 0.25) is 5.91 Å². The van der Waals surface area contributed by atoms with Crippen LogP contribution in [-0.4, -0.2) is 67.2 Å². The van der Waals surface area contributed by atoms with Crippen molar-refractivity contribution in [1.29, 1.82) is 0 Å². The molecule has 0 spiro atoms. The highest BCUT2D eigenvalue weighted by molar-refractivity contribution is 5.78. The van der Waals surface area contributed by atoms with Crippen molar-refractivity contribution in [3.8, 4) is 5.75 Å². The van der Waals surface area contributed by atoms with Gasteiger partial charge in [0.25, 0.3) is 0 Å². The van der Waals surface area contributed by atoms with Crippen LogP contribution in [0, 0.1) is 0 Å². The number of carbonyl (C=O) groups excluding carboxylic acids is 3. The maximum absolute atomic E-state index is 13.0. The molecule has 1 aromatic rings. The number of esters is 1. The summed E-state index contributed by atoms with van der Waals surface area (Å²) in [6.45, 7) is 6.53. The summed E-state index contributed by atoms with van der Waals surface area (Å²) in [5.41, 5.74) is 0.229. The summed E-state index contributed by atoms with van der Waals surface area (Å²) in [6, 6.07) is 7.11. The monoisotopic (exact) mass is 420 g/mol. The van der Waals surface area contributed by atoms with Gasteiger partial charge in [0.1, 0.15) is 11.4 Å². The Morgan fingerprint density at radius 3 is 2.40 bits per heavy atom. The molecule has 0 aliphatic carbocycles. The van der Waals surface area contributed by atoms with Crippen LogP contribution in [-0.2, 0) is 19.1 Å². The van der Waals surface area contributed by atoms with Gasteiger partial charge in [-0.05, 0) is 33.3 Å². The Kier molecular flexibility index (Phi) is 8.08. The minimum Gasteiger partial charge on any atom is -0.496 e. The molecule has 8 nitrogen and oxygen atoms in total. The van der Waals surface area contributed by atoms with Crippen LogP contribution >= 0.6 is 0 Å². The van der Waals surface area contributed by atoms with Gasteiger partial charge in [-0.15, -0.1) is 0 Å². The van der Waals surface area contributed by atoms with Gasteiger partial charge < -0.3 is 24.0 Å². The number of rotatable bonds is 6. The van der Waals surface area contributed by atoms with Gasteiger partial charge in [-0.3, -0.25) is 9.59 Å². The number of piperazine rings is 1. The van der Waals surface area contributed by atoms with Crippen molar-refractivity contribution in [3.63, 3.8) is 0 Å². The first-order chi connectivity index (χ1) is 14.2. The van der Waals surface area contributed by atoms with Crippen molar-refractivity contribution in [2.75, 3.05) is 33.9 Å². The van der Waals surface area contributed by atoms with Crippen molar-refractivity contribution in [3.05, 3.63) is 29.8 Å². The van der Waals surface area contributed by atoms with E-state index >= 15 is 0 Å². The summed E-state index contributed by atoms with van der Waals surface area (Å²) in [4.78, 5) is 40.3. The number of amides is 2. The molecule has 1 saturated heterocycles. The lowest BCUT2D eigenvalue weighted by Crippen LogP contribution is -2.53. The van der Waals surface area contributed by atoms with E-state index < -0.39 is 11.7 Å². The van der Waals surface area contributed by atoms with Crippen LogP contribution in [0.1, 0.15) is 51.6 Å². The van der Waals surface area contributed by atoms with Crippen molar-refractivity contribution in [1.82, 2.24) is 9.80 Å². The number of nitrogens with zero attached hydrogens (tertiary/aromatic N) is 2. The zero-order chi connectivity index (χ0) is 22.3. The molecule has 8 heteroatoms. The lowest BCUT2D eigenvalue weighted by atomic mass is 10.00. The summed E-state index contributed by atoms with van der Waals surface area (Å²) in [5.74, 6) is 0.248. The van der Waals surface area contributed by atoms with Gasteiger partial charge in [-0.2, -0.15) is 0 Å². The fourth-order valence-corrected chi connectivity index (χ4v) is 3.41. The van der Waals surface area contributed by atoms with Crippen LogP contribution in [0.3, 0.4) is 0 Å². The molecule has 1 heterocycles. The molecular weight excluding hydrogens is 388 g/mol. The van der Waals surface area contributed by atoms with Gasteiger partial charge in [-0.1, -0.05) is 18.2 Å². The van der Waals surface area contributed by atoms with E-state index in [0.717, 1.165) is 5.56 Å². The minimum absolute atomic E-state index is 0.0707. The van der Waals surface area contributed by atoms with Crippen LogP contribution in [0.5, 0.6) is 5.75 Å². The number of hydrogen-bond acceptors (Lipinski definition) is 6. The molecule has 0 saturated carbocycles. The van der Waals surface area contributed by atoms with E-state index in [1.165, 1.54) is 7.11 Å². The van der Waals surface area contributed by atoms with E-state index in [-0.39, 0.29) is 30.8 Å². The SMILES string of the molecule is COC(=O)CCCC(=O)N1CCN(C(=O)OC(C)(C)C)CC1c1ccccc1OC. The molecule has 2 rings (SSSR count). The third kappa shape index (κ3) is 6.37. The molecule has 30 heavy (non-hydrogen) atoms. The normalized spacial score (nSPS) is 16.8. The van der Waals surface area contributed by atoms with Crippen LogP contribution < -0.4 is 4.74 Å². The molecule has 1 aromatic carbocycles. The van der Waals surface area contributed by atoms with Crippen molar-refractivity contribution in [2.45, 2.75) is 51.7 Å². The zero-order valence-electron chi connectivity index (χ0n) is 18.5. The number of carbonyl (C=O) groups is 3. The topological polar surface area (TPSA) is 85.4 Å². The van der Waals surface area contributed by atoms with Gasteiger partial charge in [0.05, 0.1) is 20.3 Å². The molecule has 1 aliphatic rings. The predicted octanol–water partition coefficient (Wildman–Crippen LogP) is 3.16. The highest BCUT2D eigenvalue weighted by atomic mass is 16.6. The van der Waals surface area contributed by atoms with E-state index in [2.05, 4.69) is 4.74 Å². The van der Waals surface area contributed by atoms with E-state index in [1.54, 1.807) is 16.9 Å². The fraction of sp³-hybridized carbons (Fsp3) is 0.591. The van der Waals surface area contributed by atoms with E-state index in [1.807, 2.05) is 45.0 Å². The summed E-state index contributed by atoms with van der Waals surface area (Å²) >= 11 is 0. The first-order valence-corrected chi connectivity index (χ1v) is 10.1. The second kappa shape index (κ2) is 10.3. The highest BCUT2D eigenvalue weighted by Gasteiger charge is 2.36. The Morgan fingerprint density at radius 2 is 1.77 bits per heavy atom. The van der Waals surface area contributed by atoms with Crippen LogP contribution in [0.2, 0.25) is 0 Å². The van der Waals surface area contributed by atoms with E-state index in [0.29, 0.717) is 31.8 Å². The largest absolute Gasteiger partial charge is 0.496 e. The van der Waals surface area contributed by atoms with Crippen LogP contribution in [0.15, 0.2) is 24.3 Å². The van der Waals surface area contributed by atoms with Crippen molar-refractivity contribution >= 4 is 18.0 Å². The summed E-state index contributed by atoms with van der Waals surface area (Å²) in [5, 5.41) is 0. The fourth-order valence-electron chi connectivity index (χ4n) is 3.41. The molecular formula is C22H32N2O6. The lowest BCUT2D eigenvalue weighted by Gasteiger charge is -2.42. The highest BCUT2D eigenvalue weighted by Crippen LogP contribution is 2.33. The van der Waals surface area contributed by atoms with Crippen LogP contribution in [0.4, 0.5) is 4.79 Å². The Bertz CT molecular complexity index is 758. The Labute approximate surface area is 178 Å². The first-order valence-electron chi connectivity index (χ1n) is 10.1. The molecule has 2 amide bonds. The number of hydrogen-bond donors (Lipinski definition) is 0. The predicted molar refractivity (Wildman–Crippen MR) is 111 cm³/mol. The summed E-state index contributed by atoms with van der Waals surface area (Å²) in [6.07, 6.45) is 0.434. The molecule has 0 N–H and O–H groups in total. The van der Waals surface area contributed by atoms with Gasteiger partial charge >= 0.3 is 12.1 Å². The first kappa shape index (κ1) is 23.5. The van der Waals surface area contributed by atoms with Gasteiger partial charge in [0, 0.05) is 38.0 Å². The standard InChI is InChI=1S/C22H32N2O6/c1-22(2,3)30-21(27)23-13-14-24(19(25)11-8-12-20(26)29-5)17(15-23)16-9-6-7-10-18(16)28-4/h6-7,9-10,17H,8,11-15H2,1-5H3. The number of ether oxygens (including phenoxy) is 3. The number of benzene rings is 1. The molecule has 1 unspecified atom stereocenters. The molecule has 1 fully saturated rings. The average molecular weight is 421 g/mol. The molecule has 1 atom stereocenters. The summed E-state index contributed by atoms with van der Waals surface area (Å²) in [7, 11) is 2.91. The van der Waals surface area contributed by atoms with Crippen molar-refractivity contribution < 1.29 is 28.6 Å². The lowest BCUT2D eigenvalue weighted by molar-refractivity contribution is -0.141. The molecule has 166 valence electrons. The van der Waals surface area contributed by atoms with Crippen LogP contribution in [0.25, 0.3) is 0 Å². The molecule has 1 aliphatic heterocycles. The average Bonchev–Trinajstić information content (AvgIpc) is 2.71. The molecule has 0 bridgehead atoms. The maximum Gasteiger partial charge on any atom is 0.410 e. The number of para-hydroxylation sites is 1. The third-order valence-electron chi connectivity index (χ3n) is 4.85. The number of methoxy groups -OCH3 is 2. The van der Waals surface area contributed by atoms with Gasteiger partial charge in [-0.25, -0.2) is 4.79 Å².